The zero-order valence-corrected chi connectivity index (χ0v) is 22.6. The highest BCUT2D eigenvalue weighted by molar-refractivity contribution is 6.02. The van der Waals surface area contributed by atoms with Gasteiger partial charge in [0.15, 0.2) is 11.1 Å². The summed E-state index contributed by atoms with van der Waals surface area (Å²) < 4.78 is 8.22. The van der Waals surface area contributed by atoms with E-state index in [2.05, 4.69) is 10.8 Å². The first-order valence-electron chi connectivity index (χ1n) is 13.9. The molecule has 3 fully saturated rings. The van der Waals surface area contributed by atoms with Crippen molar-refractivity contribution in [2.24, 2.45) is 12.8 Å². The number of hydrogen-bond acceptors (Lipinski definition) is 8. The Balaban J connectivity index is 1.41. The van der Waals surface area contributed by atoms with Crippen LogP contribution in [0.1, 0.15) is 31.2 Å². The minimum atomic E-state index is -0.212. The molecule has 7 rings (SSSR count). The Morgan fingerprint density at radius 1 is 1.15 bits per heavy atom. The summed E-state index contributed by atoms with van der Waals surface area (Å²) in [6.45, 7) is 3.95. The number of rotatable bonds is 5. The first-order chi connectivity index (χ1) is 19.4. The lowest BCUT2D eigenvalue weighted by atomic mass is 9.95. The summed E-state index contributed by atoms with van der Waals surface area (Å²) in [6.07, 6.45) is 10.4. The van der Waals surface area contributed by atoms with Crippen LogP contribution in [0.5, 0.6) is 11.8 Å². The van der Waals surface area contributed by atoms with Crippen molar-refractivity contribution in [3.8, 4) is 35.4 Å². The number of aromatic hydroxyl groups is 1. The largest absolute Gasteiger partial charge is 0.508 e. The maximum absolute atomic E-state index is 13.8. The van der Waals surface area contributed by atoms with Crippen molar-refractivity contribution in [1.82, 2.24) is 19.4 Å². The molecule has 204 valence electrons. The number of nitrogens with two attached hydrogens (primary N) is 1. The Morgan fingerprint density at radius 3 is 2.65 bits per heavy atom. The molecule has 9 nitrogen and oxygen atoms in total. The summed E-state index contributed by atoms with van der Waals surface area (Å²) in [5, 5.41) is 12.6. The van der Waals surface area contributed by atoms with Gasteiger partial charge in [-0.15, -0.1) is 6.42 Å². The quantitative estimate of drug-likeness (QED) is 0.375. The number of aryl methyl sites for hydroxylation is 1. The predicted molar refractivity (Wildman–Crippen MR) is 156 cm³/mol. The molecular formula is C31H32N6O3. The number of nitrogens with zero attached hydrogens (tertiary/aromatic N) is 5. The Kier molecular flexibility index (Phi) is 5.73. The van der Waals surface area contributed by atoms with E-state index in [0.717, 1.165) is 36.7 Å². The topological polar surface area (TPSA) is 110 Å². The Bertz CT molecular complexity index is 1760. The maximum atomic E-state index is 13.8. The molecule has 0 amide bonds. The van der Waals surface area contributed by atoms with Gasteiger partial charge in [-0.3, -0.25) is 9.69 Å². The first kappa shape index (κ1) is 24.9. The third-order valence-electron chi connectivity index (χ3n) is 8.93. The van der Waals surface area contributed by atoms with Crippen LogP contribution < -0.4 is 20.8 Å². The van der Waals surface area contributed by atoms with E-state index in [4.69, 9.17) is 26.9 Å². The molecule has 40 heavy (non-hydrogen) atoms. The second-order valence-electron chi connectivity index (χ2n) is 11.4. The van der Waals surface area contributed by atoms with E-state index in [9.17, 15) is 9.90 Å². The Hall–Kier alpha value is -4.13. The molecule has 4 aromatic rings. The zero-order chi connectivity index (χ0) is 27.6. The fourth-order valence-electron chi connectivity index (χ4n) is 6.92. The molecule has 0 radical (unpaired) electrons. The highest BCUT2D eigenvalue weighted by atomic mass is 16.5. The lowest BCUT2D eigenvalue weighted by Crippen LogP contribution is -2.56. The molecule has 3 N–H and O–H groups in total. The number of terminal acetylenes is 1. The van der Waals surface area contributed by atoms with Crippen LogP contribution in [0.25, 0.3) is 33.1 Å². The number of anilines is 1. The summed E-state index contributed by atoms with van der Waals surface area (Å²) in [6, 6.07) is 10.8. The van der Waals surface area contributed by atoms with Crippen molar-refractivity contribution in [2.75, 3.05) is 37.7 Å². The van der Waals surface area contributed by atoms with Crippen molar-refractivity contribution >= 4 is 27.6 Å². The van der Waals surface area contributed by atoms with Gasteiger partial charge in [0.25, 0.3) is 0 Å². The van der Waals surface area contributed by atoms with Crippen LogP contribution in [0.3, 0.4) is 0 Å². The van der Waals surface area contributed by atoms with Crippen LogP contribution in [-0.4, -0.2) is 68.9 Å². The van der Waals surface area contributed by atoms with Crippen molar-refractivity contribution < 1.29 is 9.84 Å². The monoisotopic (exact) mass is 536 g/mol. The summed E-state index contributed by atoms with van der Waals surface area (Å²) in [5.74, 6) is 3.38. The lowest BCUT2D eigenvalue weighted by molar-refractivity contribution is 0.107. The molecule has 3 aliphatic heterocycles. The average Bonchev–Trinajstić information content (AvgIpc) is 3.51. The van der Waals surface area contributed by atoms with Crippen molar-refractivity contribution in [1.29, 1.82) is 0 Å². The average molecular weight is 537 g/mol. The molecule has 2 aromatic carbocycles. The van der Waals surface area contributed by atoms with E-state index in [1.165, 1.54) is 12.8 Å². The van der Waals surface area contributed by atoms with Crippen molar-refractivity contribution in [2.45, 2.75) is 37.3 Å². The smallest absolute Gasteiger partial charge is 0.320 e. The van der Waals surface area contributed by atoms with Gasteiger partial charge < -0.3 is 25.0 Å². The van der Waals surface area contributed by atoms with Gasteiger partial charge >= 0.3 is 6.01 Å². The number of fused-ring (bicyclic) bond motifs is 3. The van der Waals surface area contributed by atoms with Crippen LogP contribution in [0.4, 0.5) is 5.82 Å². The highest BCUT2D eigenvalue weighted by Crippen LogP contribution is 2.40. The Morgan fingerprint density at radius 2 is 1.93 bits per heavy atom. The van der Waals surface area contributed by atoms with E-state index in [-0.39, 0.29) is 28.8 Å². The van der Waals surface area contributed by atoms with Gasteiger partial charge in [-0.2, -0.15) is 9.97 Å². The third-order valence-corrected chi connectivity index (χ3v) is 8.93. The Labute approximate surface area is 232 Å². The normalized spacial score (nSPS) is 18.7. The molecule has 9 heteroatoms. The van der Waals surface area contributed by atoms with E-state index < -0.39 is 0 Å². The lowest BCUT2D eigenvalue weighted by Gasteiger charge is -2.38. The number of phenolic OH excluding ortho intramolecular Hbond substituents is 1. The molecule has 0 spiro atoms. The maximum Gasteiger partial charge on any atom is 0.320 e. The van der Waals surface area contributed by atoms with E-state index in [1.807, 2.05) is 34.7 Å². The molecular weight excluding hydrogens is 504 g/mol. The molecule has 3 aliphatic rings. The number of benzene rings is 2. The number of pyridine rings is 1. The first-order valence-corrected chi connectivity index (χ1v) is 13.9. The van der Waals surface area contributed by atoms with Gasteiger partial charge in [-0.25, -0.2) is 0 Å². The SMILES string of the molecule is C#Cc1cccc2cc(O)cc(-c3cc(=O)c4c(N5CC(N)C5)nc(OCC56CCCN5CCC6)nc4n3C)c12. The number of ether oxygens (including phenoxy) is 1. The van der Waals surface area contributed by atoms with Crippen molar-refractivity contribution in [3.05, 3.63) is 52.2 Å². The van der Waals surface area contributed by atoms with Crippen LogP contribution in [-0.2, 0) is 7.05 Å². The van der Waals surface area contributed by atoms with Gasteiger partial charge in [0.1, 0.15) is 23.6 Å². The van der Waals surface area contributed by atoms with Gasteiger partial charge in [0, 0.05) is 48.8 Å². The van der Waals surface area contributed by atoms with E-state index >= 15 is 0 Å². The fraction of sp³-hybridized carbons (Fsp3) is 0.387. The highest BCUT2D eigenvalue weighted by Gasteiger charge is 2.45. The van der Waals surface area contributed by atoms with Crippen LogP contribution in [0.2, 0.25) is 0 Å². The molecule has 2 aromatic heterocycles. The zero-order valence-electron chi connectivity index (χ0n) is 22.6. The van der Waals surface area contributed by atoms with Crippen LogP contribution in [0.15, 0.2) is 41.2 Å². The summed E-state index contributed by atoms with van der Waals surface area (Å²) in [5.41, 5.74) is 8.32. The van der Waals surface area contributed by atoms with E-state index in [1.54, 1.807) is 18.2 Å². The molecule has 3 saturated heterocycles. The molecule has 0 atom stereocenters. The van der Waals surface area contributed by atoms with Gasteiger partial charge in [-0.05, 0) is 62.4 Å². The van der Waals surface area contributed by atoms with Gasteiger partial charge in [0.2, 0.25) is 0 Å². The van der Waals surface area contributed by atoms with Gasteiger partial charge in [0.05, 0.1) is 11.2 Å². The van der Waals surface area contributed by atoms with Crippen LogP contribution >= 0.6 is 0 Å². The predicted octanol–water partition coefficient (Wildman–Crippen LogP) is 2.99. The number of aromatic nitrogens is 3. The van der Waals surface area contributed by atoms with Gasteiger partial charge in [-0.1, -0.05) is 18.1 Å². The van der Waals surface area contributed by atoms with Crippen LogP contribution in [0, 0.1) is 12.3 Å². The summed E-state index contributed by atoms with van der Waals surface area (Å²) in [7, 11) is 1.86. The van der Waals surface area contributed by atoms with E-state index in [0.29, 0.717) is 53.4 Å². The minimum absolute atomic E-state index is 0.0303. The molecule has 5 heterocycles. The second kappa shape index (κ2) is 9.22. The molecule has 0 unspecified atom stereocenters. The molecule has 0 saturated carbocycles. The molecule has 0 aliphatic carbocycles. The summed E-state index contributed by atoms with van der Waals surface area (Å²) in [4.78, 5) is 27.9. The number of hydrogen-bond donors (Lipinski definition) is 2. The molecule has 0 bridgehead atoms. The number of phenols is 1. The minimum Gasteiger partial charge on any atom is -0.508 e. The third kappa shape index (κ3) is 3.82. The van der Waals surface area contributed by atoms with Crippen molar-refractivity contribution in [3.63, 3.8) is 0 Å². The summed E-state index contributed by atoms with van der Waals surface area (Å²) >= 11 is 0. The standard InChI is InChI=1S/C31H32N6O3/c1-3-19-7-4-8-20-13-22(38)14-23(26(19)20)24-15-25(39)27-28(35(24)2)33-30(34-29(27)36-16-21(32)17-36)40-18-31-9-5-11-37(31)12-6-10-31/h1,4,7-8,13-15,21,38H,5-6,9-12,16-18,32H2,2H3. The fourth-order valence-corrected chi connectivity index (χ4v) is 6.92. The second-order valence-corrected chi connectivity index (χ2v) is 11.4.